The van der Waals surface area contributed by atoms with E-state index >= 15 is 0 Å². The second-order valence-electron chi connectivity index (χ2n) is 6.49. The molecule has 0 saturated heterocycles. The Bertz CT molecular complexity index is 1010. The predicted octanol–water partition coefficient (Wildman–Crippen LogP) is 3.96. The van der Waals surface area contributed by atoms with Crippen molar-refractivity contribution in [3.05, 3.63) is 86.6 Å². The molecule has 1 aliphatic rings. The molecule has 1 saturated carbocycles. The number of non-ortho nitro benzene ring substituents is 1. The van der Waals surface area contributed by atoms with E-state index in [9.17, 15) is 14.9 Å². The average Bonchev–Trinajstić information content (AvgIpc) is 3.27. The summed E-state index contributed by atoms with van der Waals surface area (Å²) in [7, 11) is 0. The first kappa shape index (κ1) is 17.4. The lowest BCUT2D eigenvalue weighted by Crippen LogP contribution is -2.34. The van der Waals surface area contributed by atoms with Crippen molar-refractivity contribution in [3.63, 3.8) is 0 Å². The molecule has 0 atom stereocenters. The van der Waals surface area contributed by atoms with Gasteiger partial charge < -0.3 is 5.32 Å². The molecule has 8 heteroatoms. The summed E-state index contributed by atoms with van der Waals surface area (Å²) in [5.41, 5.74) is 1.87. The fourth-order valence-electron chi connectivity index (χ4n) is 2.98. The molecule has 136 valence electrons. The van der Waals surface area contributed by atoms with Crippen LogP contribution < -0.4 is 5.32 Å². The second kappa shape index (κ2) is 6.62. The third kappa shape index (κ3) is 3.48. The van der Waals surface area contributed by atoms with Gasteiger partial charge in [-0.05, 0) is 42.7 Å². The summed E-state index contributed by atoms with van der Waals surface area (Å²) >= 11 is 3.42. The summed E-state index contributed by atoms with van der Waals surface area (Å²) < 4.78 is 2.52. The van der Waals surface area contributed by atoms with Crippen molar-refractivity contribution < 1.29 is 9.72 Å². The minimum absolute atomic E-state index is 0.00838. The number of rotatable bonds is 5. The van der Waals surface area contributed by atoms with E-state index in [0.29, 0.717) is 11.3 Å². The van der Waals surface area contributed by atoms with Crippen molar-refractivity contribution in [2.45, 2.75) is 18.4 Å². The largest absolute Gasteiger partial charge is 0.342 e. The molecular formula is C19H15BrN4O3. The monoisotopic (exact) mass is 426 g/mol. The van der Waals surface area contributed by atoms with Gasteiger partial charge in [-0.25, -0.2) is 4.68 Å². The standard InChI is InChI=1S/C19H15BrN4O3/c20-15-3-1-14(2-4-15)19(9-10-19)22-18(25)13-11-21-23(12-13)16-5-7-17(8-6-16)24(26)27/h1-8,11-12H,9-10H2,(H,22,25). The van der Waals surface area contributed by atoms with E-state index in [4.69, 9.17) is 0 Å². The normalized spacial score (nSPS) is 14.6. The second-order valence-corrected chi connectivity index (χ2v) is 7.41. The molecule has 1 amide bonds. The summed E-state index contributed by atoms with van der Waals surface area (Å²) in [6.45, 7) is 0. The molecule has 0 spiro atoms. The van der Waals surface area contributed by atoms with Gasteiger partial charge in [0.25, 0.3) is 11.6 Å². The van der Waals surface area contributed by atoms with E-state index in [1.807, 2.05) is 24.3 Å². The average molecular weight is 427 g/mol. The number of benzene rings is 2. The number of nitro benzene ring substituents is 1. The third-order valence-corrected chi connectivity index (χ3v) is 5.20. The summed E-state index contributed by atoms with van der Waals surface area (Å²) in [6, 6.07) is 14.0. The number of nitro groups is 1. The number of hydrogen-bond donors (Lipinski definition) is 1. The molecule has 7 nitrogen and oxygen atoms in total. The summed E-state index contributed by atoms with van der Waals surface area (Å²) in [4.78, 5) is 23.0. The molecule has 27 heavy (non-hydrogen) atoms. The van der Waals surface area contributed by atoms with Gasteiger partial charge >= 0.3 is 0 Å². The van der Waals surface area contributed by atoms with Crippen LogP contribution in [0, 0.1) is 10.1 Å². The lowest BCUT2D eigenvalue weighted by Gasteiger charge is -2.17. The lowest BCUT2D eigenvalue weighted by molar-refractivity contribution is -0.384. The van der Waals surface area contributed by atoms with Gasteiger partial charge in [0, 0.05) is 22.8 Å². The van der Waals surface area contributed by atoms with E-state index in [1.54, 1.807) is 18.3 Å². The van der Waals surface area contributed by atoms with Gasteiger partial charge in [-0.3, -0.25) is 14.9 Å². The predicted molar refractivity (Wildman–Crippen MR) is 103 cm³/mol. The molecule has 3 aromatic rings. The van der Waals surface area contributed by atoms with E-state index < -0.39 is 4.92 Å². The highest BCUT2D eigenvalue weighted by molar-refractivity contribution is 9.10. The van der Waals surface area contributed by atoms with Crippen LogP contribution in [-0.4, -0.2) is 20.6 Å². The highest BCUT2D eigenvalue weighted by Gasteiger charge is 2.45. The molecule has 4 rings (SSSR count). The van der Waals surface area contributed by atoms with Crippen molar-refractivity contribution in [2.24, 2.45) is 0 Å². The van der Waals surface area contributed by atoms with Crippen LogP contribution in [0.1, 0.15) is 28.8 Å². The molecule has 0 bridgehead atoms. The van der Waals surface area contributed by atoms with Crippen LogP contribution in [0.25, 0.3) is 5.69 Å². The number of carbonyl (C=O) groups excluding carboxylic acids is 1. The Labute approximate surface area is 163 Å². The summed E-state index contributed by atoms with van der Waals surface area (Å²) in [5.74, 6) is -0.191. The topological polar surface area (TPSA) is 90.1 Å². The van der Waals surface area contributed by atoms with Gasteiger partial charge in [-0.1, -0.05) is 28.1 Å². The van der Waals surface area contributed by atoms with Gasteiger partial charge in [-0.2, -0.15) is 5.10 Å². The quantitative estimate of drug-likeness (QED) is 0.493. The fourth-order valence-corrected chi connectivity index (χ4v) is 3.24. The van der Waals surface area contributed by atoms with Gasteiger partial charge in [0.2, 0.25) is 0 Å². The Balaban J connectivity index is 1.50. The van der Waals surface area contributed by atoms with Gasteiger partial charge in [-0.15, -0.1) is 0 Å². The molecule has 0 unspecified atom stereocenters. The van der Waals surface area contributed by atoms with Crippen LogP contribution >= 0.6 is 15.9 Å². The van der Waals surface area contributed by atoms with Crippen molar-refractivity contribution in [1.82, 2.24) is 15.1 Å². The Morgan fingerprint density at radius 1 is 1.15 bits per heavy atom. The maximum atomic E-state index is 12.7. The molecular weight excluding hydrogens is 412 g/mol. The first-order valence-electron chi connectivity index (χ1n) is 8.35. The van der Waals surface area contributed by atoms with Crippen LogP contribution in [0.5, 0.6) is 0 Å². The molecule has 0 radical (unpaired) electrons. The number of nitrogens with zero attached hydrogens (tertiary/aromatic N) is 3. The summed E-state index contributed by atoms with van der Waals surface area (Å²) in [5, 5.41) is 18.1. The number of amides is 1. The Kier molecular flexibility index (Phi) is 4.27. The van der Waals surface area contributed by atoms with Crippen LogP contribution in [0.3, 0.4) is 0 Å². The number of halogens is 1. The lowest BCUT2D eigenvalue weighted by atomic mass is 10.0. The summed E-state index contributed by atoms with van der Waals surface area (Å²) in [6.07, 6.45) is 4.91. The maximum Gasteiger partial charge on any atom is 0.269 e. The zero-order chi connectivity index (χ0) is 19.0. The molecule has 1 N–H and O–H groups in total. The highest BCUT2D eigenvalue weighted by atomic mass is 79.9. The van der Waals surface area contributed by atoms with Crippen LogP contribution in [0.15, 0.2) is 65.4 Å². The first-order valence-corrected chi connectivity index (χ1v) is 9.14. The van der Waals surface area contributed by atoms with E-state index in [0.717, 1.165) is 22.9 Å². The zero-order valence-corrected chi connectivity index (χ0v) is 15.7. The Hall–Kier alpha value is -3.00. The first-order chi connectivity index (χ1) is 13.0. The number of nitrogens with one attached hydrogen (secondary N) is 1. The molecule has 1 aromatic heterocycles. The molecule has 1 aliphatic carbocycles. The third-order valence-electron chi connectivity index (χ3n) is 4.67. The fraction of sp³-hybridized carbons (Fsp3) is 0.158. The number of hydrogen-bond acceptors (Lipinski definition) is 4. The van der Waals surface area contributed by atoms with Gasteiger partial charge in [0.15, 0.2) is 0 Å². The number of aromatic nitrogens is 2. The molecule has 1 fully saturated rings. The van der Waals surface area contributed by atoms with Gasteiger partial charge in [0.1, 0.15) is 0 Å². The van der Waals surface area contributed by atoms with E-state index in [2.05, 4.69) is 26.3 Å². The highest BCUT2D eigenvalue weighted by Crippen LogP contribution is 2.45. The van der Waals surface area contributed by atoms with Crippen molar-refractivity contribution in [3.8, 4) is 5.69 Å². The van der Waals surface area contributed by atoms with Crippen molar-refractivity contribution in [2.75, 3.05) is 0 Å². The Morgan fingerprint density at radius 2 is 1.81 bits per heavy atom. The Morgan fingerprint density at radius 3 is 2.41 bits per heavy atom. The van der Waals surface area contributed by atoms with Gasteiger partial charge in [0.05, 0.1) is 27.9 Å². The van der Waals surface area contributed by atoms with E-state index in [1.165, 1.54) is 23.0 Å². The maximum absolute atomic E-state index is 12.7. The van der Waals surface area contributed by atoms with Crippen molar-refractivity contribution in [1.29, 1.82) is 0 Å². The smallest absolute Gasteiger partial charge is 0.269 e. The SMILES string of the molecule is O=C(NC1(c2ccc(Br)cc2)CC1)c1cnn(-c2ccc([N+](=O)[O-])cc2)c1. The van der Waals surface area contributed by atoms with Crippen LogP contribution in [0.2, 0.25) is 0 Å². The molecule has 0 aliphatic heterocycles. The minimum atomic E-state index is -0.455. The minimum Gasteiger partial charge on any atom is -0.342 e. The number of carbonyl (C=O) groups is 1. The van der Waals surface area contributed by atoms with Crippen molar-refractivity contribution >= 4 is 27.5 Å². The van der Waals surface area contributed by atoms with Crippen LogP contribution in [0.4, 0.5) is 5.69 Å². The zero-order valence-electron chi connectivity index (χ0n) is 14.1. The van der Waals surface area contributed by atoms with Crippen LogP contribution in [-0.2, 0) is 5.54 Å². The molecule has 1 heterocycles. The molecule has 2 aromatic carbocycles. The van der Waals surface area contributed by atoms with E-state index in [-0.39, 0.29) is 17.1 Å².